The Morgan fingerprint density at radius 2 is 2.00 bits per heavy atom. The molecule has 0 fully saturated rings. The molecule has 0 aliphatic carbocycles. The maximum absolute atomic E-state index is 12.9. The van der Waals surface area contributed by atoms with Crippen LogP contribution < -0.4 is 0 Å². The van der Waals surface area contributed by atoms with E-state index in [1.165, 1.54) is 0 Å². The average Bonchev–Trinajstić information content (AvgIpc) is 2.42. The molecule has 0 bridgehead atoms. The zero-order chi connectivity index (χ0) is 11.2. The van der Waals surface area contributed by atoms with Crippen LogP contribution in [0.2, 0.25) is 0 Å². The van der Waals surface area contributed by atoms with Gasteiger partial charge in [-0.3, -0.25) is 4.79 Å². The molecule has 3 nitrogen and oxygen atoms in total. The first-order valence-corrected chi connectivity index (χ1v) is 4.54. The molecule has 5 heteroatoms. The molecule has 1 aromatic carbocycles. The van der Waals surface area contributed by atoms with Gasteiger partial charge in [0.05, 0.1) is 5.56 Å². The molecule has 1 heterocycles. The number of amides is 1. The molecule has 0 spiro atoms. The fourth-order valence-corrected chi connectivity index (χ4v) is 1.71. The standard InChI is InChI=1S/C10H9F2NO2/c1-2-13-9(14)5-3-7(11)8(12)4-6(5)10(13)15/h3-4,9,14H,2H2,1H3. The summed E-state index contributed by atoms with van der Waals surface area (Å²) in [5, 5.41) is 9.64. The normalized spacial score (nSPS) is 19.6. The molecule has 0 saturated carbocycles. The van der Waals surface area contributed by atoms with Crippen molar-refractivity contribution in [1.82, 2.24) is 4.90 Å². The molecule has 1 N–H and O–H groups in total. The molecular weight excluding hydrogens is 204 g/mol. The Morgan fingerprint density at radius 1 is 1.40 bits per heavy atom. The van der Waals surface area contributed by atoms with Crippen LogP contribution in [0.5, 0.6) is 0 Å². The monoisotopic (exact) mass is 213 g/mol. The van der Waals surface area contributed by atoms with Crippen molar-refractivity contribution in [3.8, 4) is 0 Å². The van der Waals surface area contributed by atoms with Gasteiger partial charge in [0.2, 0.25) is 0 Å². The number of benzene rings is 1. The highest BCUT2D eigenvalue weighted by Gasteiger charge is 2.35. The van der Waals surface area contributed by atoms with Crippen molar-refractivity contribution in [2.45, 2.75) is 13.2 Å². The van der Waals surface area contributed by atoms with E-state index in [0.29, 0.717) is 0 Å². The van der Waals surface area contributed by atoms with Crippen LogP contribution in [-0.4, -0.2) is 22.5 Å². The summed E-state index contributed by atoms with van der Waals surface area (Å²) in [5.74, 6) is -2.61. The number of hydrogen-bond acceptors (Lipinski definition) is 2. The maximum atomic E-state index is 12.9. The lowest BCUT2D eigenvalue weighted by Crippen LogP contribution is -2.27. The summed E-state index contributed by atoms with van der Waals surface area (Å²) >= 11 is 0. The van der Waals surface area contributed by atoms with Gasteiger partial charge in [-0.25, -0.2) is 8.78 Å². The largest absolute Gasteiger partial charge is 0.369 e. The molecule has 1 aromatic rings. The highest BCUT2D eigenvalue weighted by Crippen LogP contribution is 2.32. The van der Waals surface area contributed by atoms with Crippen LogP contribution in [0, 0.1) is 11.6 Å². The maximum Gasteiger partial charge on any atom is 0.256 e. The van der Waals surface area contributed by atoms with Crippen LogP contribution >= 0.6 is 0 Å². The van der Waals surface area contributed by atoms with Gasteiger partial charge in [-0.1, -0.05) is 0 Å². The van der Waals surface area contributed by atoms with Gasteiger partial charge in [0.25, 0.3) is 5.91 Å². The van der Waals surface area contributed by atoms with Crippen molar-refractivity contribution < 1.29 is 18.7 Å². The van der Waals surface area contributed by atoms with Gasteiger partial charge in [-0.15, -0.1) is 0 Å². The Labute approximate surface area is 84.9 Å². The number of aliphatic hydroxyl groups is 1. The van der Waals surface area contributed by atoms with Gasteiger partial charge < -0.3 is 10.0 Å². The first-order chi connectivity index (χ1) is 7.06. The van der Waals surface area contributed by atoms with Crippen molar-refractivity contribution >= 4 is 5.91 Å². The molecule has 80 valence electrons. The van der Waals surface area contributed by atoms with E-state index in [1.54, 1.807) is 6.92 Å². The molecule has 1 atom stereocenters. The Balaban J connectivity index is 2.57. The summed E-state index contributed by atoms with van der Waals surface area (Å²) in [5.41, 5.74) is 0.156. The van der Waals surface area contributed by atoms with Crippen molar-refractivity contribution in [1.29, 1.82) is 0 Å². The first-order valence-electron chi connectivity index (χ1n) is 4.54. The van der Waals surface area contributed by atoms with Gasteiger partial charge in [0.1, 0.15) is 0 Å². The Hall–Kier alpha value is -1.49. The molecule has 15 heavy (non-hydrogen) atoms. The zero-order valence-corrected chi connectivity index (χ0v) is 8.00. The van der Waals surface area contributed by atoms with Gasteiger partial charge in [-0.2, -0.15) is 0 Å². The van der Waals surface area contributed by atoms with Crippen molar-refractivity contribution in [3.63, 3.8) is 0 Å². The lowest BCUT2D eigenvalue weighted by Gasteiger charge is -2.17. The predicted octanol–water partition coefficient (Wildman–Crippen LogP) is 1.43. The molecule has 0 saturated heterocycles. The van der Waals surface area contributed by atoms with E-state index in [4.69, 9.17) is 0 Å². The summed E-state index contributed by atoms with van der Waals surface area (Å²) in [6.45, 7) is 1.97. The molecule has 1 aliphatic rings. The van der Waals surface area contributed by atoms with E-state index in [1.807, 2.05) is 0 Å². The molecular formula is C10H9F2NO2. The van der Waals surface area contributed by atoms with E-state index < -0.39 is 23.8 Å². The number of nitrogens with zero attached hydrogens (tertiary/aromatic N) is 1. The quantitative estimate of drug-likeness (QED) is 0.766. The third kappa shape index (κ3) is 1.31. The minimum atomic E-state index is -1.17. The highest BCUT2D eigenvalue weighted by molar-refractivity contribution is 5.98. The fourth-order valence-electron chi connectivity index (χ4n) is 1.71. The second-order valence-electron chi connectivity index (χ2n) is 3.32. The lowest BCUT2D eigenvalue weighted by molar-refractivity contribution is 0.0202. The van der Waals surface area contributed by atoms with Crippen LogP contribution in [0.15, 0.2) is 12.1 Å². The predicted molar refractivity (Wildman–Crippen MR) is 48.0 cm³/mol. The summed E-state index contributed by atoms with van der Waals surface area (Å²) in [4.78, 5) is 12.7. The van der Waals surface area contributed by atoms with Crippen LogP contribution in [0.1, 0.15) is 29.1 Å². The minimum Gasteiger partial charge on any atom is -0.369 e. The number of aliphatic hydroxyl groups excluding tert-OH is 1. The minimum absolute atomic E-state index is 0.0308. The van der Waals surface area contributed by atoms with Gasteiger partial charge in [0, 0.05) is 12.1 Å². The van der Waals surface area contributed by atoms with Crippen LogP contribution in [0.4, 0.5) is 8.78 Å². The van der Waals surface area contributed by atoms with Gasteiger partial charge in [-0.05, 0) is 19.1 Å². The smallest absolute Gasteiger partial charge is 0.256 e. The van der Waals surface area contributed by atoms with Gasteiger partial charge in [0.15, 0.2) is 17.9 Å². The number of fused-ring (bicyclic) bond motifs is 1. The van der Waals surface area contributed by atoms with E-state index in [2.05, 4.69) is 0 Å². The third-order valence-electron chi connectivity index (χ3n) is 2.50. The average molecular weight is 213 g/mol. The van der Waals surface area contributed by atoms with Gasteiger partial charge >= 0.3 is 0 Å². The molecule has 0 aromatic heterocycles. The molecule has 1 amide bonds. The van der Waals surface area contributed by atoms with Crippen LogP contribution in [-0.2, 0) is 0 Å². The number of hydrogen-bond donors (Lipinski definition) is 1. The Bertz CT molecular complexity index is 434. The molecule has 1 unspecified atom stereocenters. The number of carbonyl (C=O) groups excluding carboxylic acids is 1. The Morgan fingerprint density at radius 3 is 2.60 bits per heavy atom. The van der Waals surface area contributed by atoms with E-state index >= 15 is 0 Å². The summed E-state index contributed by atoms with van der Waals surface area (Å²) in [7, 11) is 0. The highest BCUT2D eigenvalue weighted by atomic mass is 19.2. The summed E-state index contributed by atoms with van der Waals surface area (Å²) < 4.78 is 25.8. The topological polar surface area (TPSA) is 40.5 Å². The van der Waals surface area contributed by atoms with E-state index in [-0.39, 0.29) is 17.7 Å². The molecule has 2 rings (SSSR count). The lowest BCUT2D eigenvalue weighted by atomic mass is 10.1. The van der Waals surface area contributed by atoms with Crippen molar-refractivity contribution in [2.24, 2.45) is 0 Å². The van der Waals surface area contributed by atoms with Crippen LogP contribution in [0.25, 0.3) is 0 Å². The molecule has 0 radical (unpaired) electrons. The Kier molecular flexibility index (Phi) is 2.19. The number of halogens is 2. The van der Waals surface area contributed by atoms with Crippen LogP contribution in [0.3, 0.4) is 0 Å². The SMILES string of the molecule is CCN1C(=O)c2cc(F)c(F)cc2C1O. The third-order valence-corrected chi connectivity index (χ3v) is 2.50. The second-order valence-corrected chi connectivity index (χ2v) is 3.32. The van der Waals surface area contributed by atoms with E-state index in [0.717, 1.165) is 17.0 Å². The molecule has 1 aliphatic heterocycles. The van der Waals surface area contributed by atoms with Crippen molar-refractivity contribution in [2.75, 3.05) is 6.54 Å². The number of carbonyl (C=O) groups is 1. The fraction of sp³-hybridized carbons (Fsp3) is 0.300. The second kappa shape index (κ2) is 3.27. The number of rotatable bonds is 1. The zero-order valence-electron chi connectivity index (χ0n) is 8.00. The first kappa shape index (κ1) is 10.0. The van der Waals surface area contributed by atoms with Crippen molar-refractivity contribution in [3.05, 3.63) is 34.9 Å². The summed E-state index contributed by atoms with van der Waals surface area (Å²) in [6.07, 6.45) is -1.17. The van der Waals surface area contributed by atoms with E-state index in [9.17, 15) is 18.7 Å². The summed E-state index contributed by atoms with van der Waals surface area (Å²) in [6, 6.07) is 1.69.